The van der Waals surface area contributed by atoms with E-state index in [4.69, 9.17) is 14.6 Å². The van der Waals surface area contributed by atoms with E-state index in [1.165, 1.54) is 14.2 Å². The summed E-state index contributed by atoms with van der Waals surface area (Å²) in [7, 11) is 2.65. The molecule has 1 N–H and O–H groups in total. The molecule has 0 saturated carbocycles. The SMILES string of the molecule is COC1=C(OC)C(=O)C(Cc2cccc(CCC(=O)O)c2)=C(C)C1=O. The quantitative estimate of drug-likeness (QED) is 0.763. The van der Waals surface area contributed by atoms with E-state index in [2.05, 4.69) is 0 Å². The van der Waals surface area contributed by atoms with Crippen LogP contribution < -0.4 is 0 Å². The minimum atomic E-state index is -0.862. The molecule has 0 aliphatic heterocycles. The molecule has 25 heavy (non-hydrogen) atoms. The van der Waals surface area contributed by atoms with E-state index in [-0.39, 0.29) is 35.9 Å². The molecule has 1 aromatic carbocycles. The van der Waals surface area contributed by atoms with Crippen LogP contribution in [-0.4, -0.2) is 36.9 Å². The zero-order valence-corrected chi connectivity index (χ0v) is 14.4. The molecule has 0 saturated heterocycles. The van der Waals surface area contributed by atoms with E-state index in [1.54, 1.807) is 6.92 Å². The van der Waals surface area contributed by atoms with Crippen LogP contribution >= 0.6 is 0 Å². The van der Waals surface area contributed by atoms with Crippen molar-refractivity contribution in [3.05, 3.63) is 58.1 Å². The lowest BCUT2D eigenvalue weighted by atomic mass is 9.88. The summed E-state index contributed by atoms with van der Waals surface area (Å²) in [5.74, 6) is -1.76. The van der Waals surface area contributed by atoms with Gasteiger partial charge in [-0.05, 0) is 24.5 Å². The first kappa shape index (κ1) is 18.4. The number of ketones is 2. The number of ether oxygens (including phenoxy) is 2. The number of hydrogen-bond acceptors (Lipinski definition) is 5. The van der Waals surface area contributed by atoms with Crippen LogP contribution in [-0.2, 0) is 36.7 Å². The summed E-state index contributed by atoms with van der Waals surface area (Å²) >= 11 is 0. The average Bonchev–Trinajstić information content (AvgIpc) is 2.60. The Balaban J connectivity index is 2.29. The number of aryl methyl sites for hydroxylation is 1. The second-order valence-corrected chi connectivity index (χ2v) is 5.72. The van der Waals surface area contributed by atoms with Crippen LogP contribution in [0, 0.1) is 0 Å². The molecule has 132 valence electrons. The van der Waals surface area contributed by atoms with Gasteiger partial charge < -0.3 is 14.6 Å². The van der Waals surface area contributed by atoms with E-state index in [0.717, 1.165) is 11.1 Å². The number of hydrogen-bond donors (Lipinski definition) is 1. The Labute approximate surface area is 145 Å². The van der Waals surface area contributed by atoms with Crippen molar-refractivity contribution in [2.75, 3.05) is 14.2 Å². The maximum atomic E-state index is 12.6. The molecule has 6 nitrogen and oxygen atoms in total. The Kier molecular flexibility index (Phi) is 5.75. The third-order valence-electron chi connectivity index (χ3n) is 4.09. The van der Waals surface area contributed by atoms with Gasteiger partial charge in [0, 0.05) is 24.0 Å². The van der Waals surface area contributed by atoms with E-state index < -0.39 is 5.97 Å². The van der Waals surface area contributed by atoms with Gasteiger partial charge in [-0.3, -0.25) is 14.4 Å². The van der Waals surface area contributed by atoms with E-state index >= 15 is 0 Å². The number of carbonyl (C=O) groups excluding carboxylic acids is 2. The highest BCUT2D eigenvalue weighted by Gasteiger charge is 2.34. The Morgan fingerprint density at radius 2 is 1.64 bits per heavy atom. The van der Waals surface area contributed by atoms with Gasteiger partial charge in [-0.1, -0.05) is 24.3 Å². The number of aliphatic carboxylic acids is 1. The van der Waals surface area contributed by atoms with Gasteiger partial charge in [0.05, 0.1) is 14.2 Å². The number of allylic oxidation sites excluding steroid dienone is 2. The molecule has 0 radical (unpaired) electrons. The average molecular weight is 344 g/mol. The van der Waals surface area contributed by atoms with Crippen molar-refractivity contribution in [3.8, 4) is 0 Å². The maximum absolute atomic E-state index is 12.6. The molecule has 0 aromatic heterocycles. The third kappa shape index (κ3) is 3.96. The summed E-state index contributed by atoms with van der Waals surface area (Å²) in [6.45, 7) is 1.59. The van der Waals surface area contributed by atoms with Crippen molar-refractivity contribution >= 4 is 17.5 Å². The monoisotopic (exact) mass is 344 g/mol. The minimum Gasteiger partial charge on any atom is -0.489 e. The number of carbonyl (C=O) groups is 3. The number of rotatable bonds is 7. The van der Waals surface area contributed by atoms with Crippen molar-refractivity contribution in [3.63, 3.8) is 0 Å². The fourth-order valence-electron chi connectivity index (χ4n) is 2.76. The fraction of sp³-hybridized carbons (Fsp3) is 0.316. The number of carboxylic acids is 1. The van der Waals surface area contributed by atoms with Gasteiger partial charge in [-0.25, -0.2) is 0 Å². The van der Waals surface area contributed by atoms with Gasteiger partial charge >= 0.3 is 5.97 Å². The molecule has 2 rings (SSSR count). The van der Waals surface area contributed by atoms with Crippen molar-refractivity contribution in [2.24, 2.45) is 0 Å². The molecular formula is C19H20O6. The first-order valence-electron chi connectivity index (χ1n) is 7.80. The molecule has 0 bridgehead atoms. The van der Waals surface area contributed by atoms with E-state index in [1.807, 2.05) is 24.3 Å². The second-order valence-electron chi connectivity index (χ2n) is 5.72. The summed E-state index contributed by atoms with van der Waals surface area (Å²) in [6, 6.07) is 7.34. The lowest BCUT2D eigenvalue weighted by molar-refractivity contribution is -0.137. The molecule has 0 amide bonds. The fourth-order valence-corrected chi connectivity index (χ4v) is 2.76. The number of carboxylic acid groups (broad SMARTS) is 1. The van der Waals surface area contributed by atoms with Crippen LogP contribution in [0.25, 0.3) is 0 Å². The van der Waals surface area contributed by atoms with Crippen molar-refractivity contribution < 1.29 is 29.0 Å². The van der Waals surface area contributed by atoms with Gasteiger partial charge in [0.2, 0.25) is 23.1 Å². The van der Waals surface area contributed by atoms with Crippen LogP contribution in [0.15, 0.2) is 46.9 Å². The maximum Gasteiger partial charge on any atom is 0.303 e. The molecule has 0 spiro atoms. The molecule has 1 aromatic rings. The Morgan fingerprint density at radius 3 is 2.24 bits per heavy atom. The van der Waals surface area contributed by atoms with Gasteiger partial charge in [0.25, 0.3) is 0 Å². The summed E-state index contributed by atoms with van der Waals surface area (Å²) in [5, 5.41) is 8.79. The van der Waals surface area contributed by atoms with Crippen LogP contribution in [0.1, 0.15) is 24.5 Å². The van der Waals surface area contributed by atoms with Crippen LogP contribution in [0.4, 0.5) is 0 Å². The first-order chi connectivity index (χ1) is 11.9. The summed E-state index contributed by atoms with van der Waals surface area (Å²) in [6.07, 6.45) is 0.711. The third-order valence-corrected chi connectivity index (χ3v) is 4.09. The van der Waals surface area contributed by atoms with E-state index in [9.17, 15) is 14.4 Å². The Morgan fingerprint density at radius 1 is 1.04 bits per heavy atom. The molecule has 6 heteroatoms. The highest BCUT2D eigenvalue weighted by atomic mass is 16.5. The first-order valence-corrected chi connectivity index (χ1v) is 7.80. The second kappa shape index (κ2) is 7.79. The zero-order chi connectivity index (χ0) is 18.6. The normalized spacial score (nSPS) is 14.8. The predicted octanol–water partition coefficient (Wildman–Crippen LogP) is 2.22. The summed E-state index contributed by atoms with van der Waals surface area (Å²) in [4.78, 5) is 35.7. The van der Waals surface area contributed by atoms with Gasteiger partial charge in [-0.15, -0.1) is 0 Å². The zero-order valence-electron chi connectivity index (χ0n) is 14.4. The topological polar surface area (TPSA) is 89.9 Å². The van der Waals surface area contributed by atoms with E-state index in [0.29, 0.717) is 17.6 Å². The molecule has 0 heterocycles. The van der Waals surface area contributed by atoms with Crippen molar-refractivity contribution in [1.82, 2.24) is 0 Å². The van der Waals surface area contributed by atoms with Crippen LogP contribution in [0.3, 0.4) is 0 Å². The standard InChI is InChI=1S/C19H20O6/c1-11-14(17(23)19(25-3)18(24-2)16(11)22)10-13-6-4-5-12(9-13)7-8-15(20)21/h4-6,9H,7-8,10H2,1-3H3,(H,20,21). The van der Waals surface area contributed by atoms with Crippen LogP contribution in [0.2, 0.25) is 0 Å². The molecular weight excluding hydrogens is 324 g/mol. The van der Waals surface area contributed by atoms with Crippen molar-refractivity contribution in [1.29, 1.82) is 0 Å². The van der Waals surface area contributed by atoms with Crippen LogP contribution in [0.5, 0.6) is 0 Å². The van der Waals surface area contributed by atoms with Crippen molar-refractivity contribution in [2.45, 2.75) is 26.2 Å². The Hall–Kier alpha value is -2.89. The van der Waals surface area contributed by atoms with Gasteiger partial charge in [-0.2, -0.15) is 0 Å². The highest BCUT2D eigenvalue weighted by molar-refractivity contribution is 6.23. The number of Topliss-reactive ketones (excluding diaryl/α,β-unsaturated/α-hetero) is 2. The smallest absolute Gasteiger partial charge is 0.303 e. The van der Waals surface area contributed by atoms with Gasteiger partial charge in [0.1, 0.15) is 0 Å². The number of benzene rings is 1. The lowest BCUT2D eigenvalue weighted by Gasteiger charge is -2.20. The summed E-state index contributed by atoms with van der Waals surface area (Å²) in [5.41, 5.74) is 2.39. The molecule has 0 fully saturated rings. The summed E-state index contributed by atoms with van der Waals surface area (Å²) < 4.78 is 10.1. The Bertz CT molecular complexity index is 785. The predicted molar refractivity (Wildman–Crippen MR) is 89.9 cm³/mol. The molecule has 1 aliphatic carbocycles. The highest BCUT2D eigenvalue weighted by Crippen LogP contribution is 2.28. The van der Waals surface area contributed by atoms with Gasteiger partial charge in [0.15, 0.2) is 0 Å². The number of methoxy groups -OCH3 is 2. The lowest BCUT2D eigenvalue weighted by Crippen LogP contribution is -2.26. The molecule has 0 unspecified atom stereocenters. The molecule has 1 aliphatic rings. The minimum absolute atomic E-state index is 0.0380. The largest absolute Gasteiger partial charge is 0.489 e. The molecule has 0 atom stereocenters.